The standard InChI is InChI=1S/C13H21N3O/c1-3-5-13(6-4-7-14-10-13)12(17)11-8-15-16(2)9-11/h8-9,14H,3-7,10H2,1-2H3. The van der Waals surface area contributed by atoms with E-state index >= 15 is 0 Å². The first-order chi connectivity index (χ1) is 8.18. The second kappa shape index (κ2) is 5.00. The molecule has 0 saturated carbocycles. The van der Waals surface area contributed by atoms with Gasteiger partial charge in [-0.15, -0.1) is 0 Å². The normalized spacial score (nSPS) is 24.8. The van der Waals surface area contributed by atoms with Crippen LogP contribution in [0, 0.1) is 5.41 Å². The van der Waals surface area contributed by atoms with E-state index < -0.39 is 0 Å². The van der Waals surface area contributed by atoms with Crippen molar-refractivity contribution >= 4 is 5.78 Å². The van der Waals surface area contributed by atoms with Crippen LogP contribution in [0.3, 0.4) is 0 Å². The molecule has 1 N–H and O–H groups in total. The van der Waals surface area contributed by atoms with Crippen LogP contribution in [0.25, 0.3) is 0 Å². The number of carbonyl (C=O) groups is 1. The molecule has 1 aromatic heterocycles. The van der Waals surface area contributed by atoms with E-state index in [1.54, 1.807) is 10.9 Å². The Morgan fingerprint density at radius 1 is 1.65 bits per heavy atom. The van der Waals surface area contributed by atoms with Gasteiger partial charge in [0.1, 0.15) is 0 Å². The molecule has 1 aliphatic rings. The maximum atomic E-state index is 12.6. The Morgan fingerprint density at radius 3 is 3.00 bits per heavy atom. The number of piperidine rings is 1. The molecule has 0 aliphatic carbocycles. The van der Waals surface area contributed by atoms with Crippen molar-refractivity contribution in [1.82, 2.24) is 15.1 Å². The largest absolute Gasteiger partial charge is 0.316 e. The molecule has 17 heavy (non-hydrogen) atoms. The minimum absolute atomic E-state index is 0.198. The minimum Gasteiger partial charge on any atom is -0.316 e. The number of aromatic nitrogens is 2. The van der Waals surface area contributed by atoms with E-state index in [9.17, 15) is 4.79 Å². The van der Waals surface area contributed by atoms with Crippen molar-refractivity contribution in [3.63, 3.8) is 0 Å². The summed E-state index contributed by atoms with van der Waals surface area (Å²) in [6.07, 6.45) is 7.62. The maximum absolute atomic E-state index is 12.6. The van der Waals surface area contributed by atoms with Crippen LogP contribution in [-0.2, 0) is 7.05 Å². The number of rotatable bonds is 4. The van der Waals surface area contributed by atoms with Gasteiger partial charge in [0.25, 0.3) is 0 Å². The van der Waals surface area contributed by atoms with Crippen LogP contribution < -0.4 is 5.32 Å². The van der Waals surface area contributed by atoms with Gasteiger partial charge in [-0.25, -0.2) is 0 Å². The molecular formula is C13H21N3O. The van der Waals surface area contributed by atoms with Crippen molar-refractivity contribution in [1.29, 1.82) is 0 Å². The molecule has 1 unspecified atom stereocenters. The van der Waals surface area contributed by atoms with Gasteiger partial charge in [-0.05, 0) is 25.8 Å². The summed E-state index contributed by atoms with van der Waals surface area (Å²) < 4.78 is 1.70. The van der Waals surface area contributed by atoms with Crippen molar-refractivity contribution in [2.24, 2.45) is 12.5 Å². The molecule has 1 fully saturated rings. The smallest absolute Gasteiger partial charge is 0.173 e. The van der Waals surface area contributed by atoms with Crippen molar-refractivity contribution in [3.05, 3.63) is 18.0 Å². The van der Waals surface area contributed by atoms with Gasteiger partial charge in [0.05, 0.1) is 11.8 Å². The van der Waals surface area contributed by atoms with E-state index in [2.05, 4.69) is 17.3 Å². The summed E-state index contributed by atoms with van der Waals surface area (Å²) in [4.78, 5) is 12.6. The van der Waals surface area contributed by atoms with Gasteiger partial charge in [-0.2, -0.15) is 5.10 Å². The average molecular weight is 235 g/mol. The molecule has 1 aliphatic heterocycles. The van der Waals surface area contributed by atoms with Gasteiger partial charge in [0, 0.05) is 25.2 Å². The van der Waals surface area contributed by atoms with Gasteiger partial charge in [0.15, 0.2) is 5.78 Å². The van der Waals surface area contributed by atoms with Crippen molar-refractivity contribution < 1.29 is 4.79 Å². The van der Waals surface area contributed by atoms with Crippen LogP contribution in [0.1, 0.15) is 43.0 Å². The Balaban J connectivity index is 2.23. The SMILES string of the molecule is CCCC1(C(=O)c2cnn(C)c2)CCCNC1. The van der Waals surface area contributed by atoms with Crippen molar-refractivity contribution in [3.8, 4) is 0 Å². The third kappa shape index (κ3) is 2.41. The molecule has 1 aromatic rings. The maximum Gasteiger partial charge on any atom is 0.173 e. The van der Waals surface area contributed by atoms with E-state index in [-0.39, 0.29) is 11.2 Å². The fraction of sp³-hybridized carbons (Fsp3) is 0.692. The number of nitrogens with one attached hydrogen (secondary N) is 1. The van der Waals surface area contributed by atoms with Crippen LogP contribution in [-0.4, -0.2) is 28.7 Å². The summed E-state index contributed by atoms with van der Waals surface area (Å²) >= 11 is 0. The first-order valence-corrected chi connectivity index (χ1v) is 6.42. The molecule has 0 spiro atoms. The lowest BCUT2D eigenvalue weighted by atomic mass is 9.72. The zero-order chi connectivity index (χ0) is 12.3. The van der Waals surface area contributed by atoms with Crippen LogP contribution in [0.4, 0.5) is 0 Å². The minimum atomic E-state index is -0.198. The van der Waals surface area contributed by atoms with Crippen molar-refractivity contribution in [2.75, 3.05) is 13.1 Å². The van der Waals surface area contributed by atoms with Gasteiger partial charge in [-0.1, -0.05) is 13.3 Å². The number of nitrogens with zero attached hydrogens (tertiary/aromatic N) is 2. The lowest BCUT2D eigenvalue weighted by Gasteiger charge is -2.36. The van der Waals surface area contributed by atoms with E-state index in [0.29, 0.717) is 0 Å². The van der Waals surface area contributed by atoms with E-state index in [0.717, 1.165) is 44.3 Å². The highest BCUT2D eigenvalue weighted by Gasteiger charge is 2.39. The highest BCUT2D eigenvalue weighted by molar-refractivity contribution is 6.00. The molecule has 1 saturated heterocycles. The topological polar surface area (TPSA) is 46.9 Å². The number of Topliss-reactive ketones (excluding diaryl/α,β-unsaturated/α-hetero) is 1. The summed E-state index contributed by atoms with van der Waals surface area (Å²) in [6, 6.07) is 0. The first-order valence-electron chi connectivity index (χ1n) is 6.42. The average Bonchev–Trinajstić information content (AvgIpc) is 2.76. The molecular weight excluding hydrogens is 214 g/mol. The summed E-state index contributed by atoms with van der Waals surface area (Å²) in [6.45, 7) is 3.99. The van der Waals surface area contributed by atoms with Crippen molar-refractivity contribution in [2.45, 2.75) is 32.6 Å². The number of hydrogen-bond acceptors (Lipinski definition) is 3. The monoisotopic (exact) mass is 235 g/mol. The molecule has 1 atom stereocenters. The molecule has 4 heteroatoms. The lowest BCUT2D eigenvalue weighted by Crippen LogP contribution is -2.45. The Morgan fingerprint density at radius 2 is 2.47 bits per heavy atom. The zero-order valence-electron chi connectivity index (χ0n) is 10.7. The van der Waals surface area contributed by atoms with E-state index in [1.165, 1.54) is 0 Å². The summed E-state index contributed by atoms with van der Waals surface area (Å²) in [7, 11) is 1.85. The van der Waals surface area contributed by atoms with Crippen LogP contribution >= 0.6 is 0 Å². The van der Waals surface area contributed by atoms with Crippen LogP contribution in [0.5, 0.6) is 0 Å². The highest BCUT2D eigenvalue weighted by Crippen LogP contribution is 2.35. The Kier molecular flexibility index (Phi) is 3.62. The first kappa shape index (κ1) is 12.3. The highest BCUT2D eigenvalue weighted by atomic mass is 16.1. The predicted molar refractivity (Wildman–Crippen MR) is 67.0 cm³/mol. The van der Waals surface area contributed by atoms with Gasteiger partial charge in [0.2, 0.25) is 0 Å². The second-order valence-electron chi connectivity index (χ2n) is 5.04. The summed E-state index contributed by atoms with van der Waals surface area (Å²) in [5.74, 6) is 0.264. The third-order valence-corrected chi connectivity index (χ3v) is 3.65. The summed E-state index contributed by atoms with van der Waals surface area (Å²) in [5.41, 5.74) is 0.556. The van der Waals surface area contributed by atoms with Crippen LogP contribution in [0.15, 0.2) is 12.4 Å². The molecule has 2 heterocycles. The zero-order valence-corrected chi connectivity index (χ0v) is 10.7. The van der Waals surface area contributed by atoms with Gasteiger partial charge in [-0.3, -0.25) is 9.48 Å². The Hall–Kier alpha value is -1.16. The van der Waals surface area contributed by atoms with Gasteiger partial charge < -0.3 is 5.32 Å². The van der Waals surface area contributed by atoms with Gasteiger partial charge >= 0.3 is 0 Å². The number of carbonyl (C=O) groups excluding carboxylic acids is 1. The second-order valence-corrected chi connectivity index (χ2v) is 5.04. The van der Waals surface area contributed by atoms with Crippen LogP contribution in [0.2, 0.25) is 0 Å². The molecule has 0 aromatic carbocycles. The number of ketones is 1. The molecule has 2 rings (SSSR count). The third-order valence-electron chi connectivity index (χ3n) is 3.65. The quantitative estimate of drug-likeness (QED) is 0.809. The number of hydrogen-bond donors (Lipinski definition) is 1. The molecule has 0 bridgehead atoms. The molecule has 4 nitrogen and oxygen atoms in total. The summed E-state index contributed by atoms with van der Waals surface area (Å²) in [5, 5.41) is 7.47. The number of aryl methyl sites for hydroxylation is 1. The van der Waals surface area contributed by atoms with E-state index in [4.69, 9.17) is 0 Å². The fourth-order valence-corrected chi connectivity index (χ4v) is 2.81. The molecule has 0 amide bonds. The van der Waals surface area contributed by atoms with E-state index in [1.807, 2.05) is 13.2 Å². The molecule has 0 radical (unpaired) electrons. The Labute approximate surface area is 102 Å². The molecule has 94 valence electrons. The Bertz CT molecular complexity index is 386. The lowest BCUT2D eigenvalue weighted by molar-refractivity contribution is 0.0718. The fourth-order valence-electron chi connectivity index (χ4n) is 2.81. The predicted octanol–water partition coefficient (Wildman–Crippen LogP) is 1.77.